The number of aliphatic hydroxyl groups is 1. The molecule has 0 bridgehead atoms. The van der Waals surface area contributed by atoms with Gasteiger partial charge in [-0.15, -0.1) is 0 Å². The molecule has 0 radical (unpaired) electrons. The lowest BCUT2D eigenvalue weighted by molar-refractivity contribution is -0.143. The normalized spacial score (nSPS) is 25.6. The lowest BCUT2D eigenvalue weighted by Crippen LogP contribution is -2.33. The number of alkyl halides is 3. The second kappa shape index (κ2) is 10.4. The van der Waals surface area contributed by atoms with Crippen molar-refractivity contribution >= 4 is 17.5 Å². The monoisotopic (exact) mass is 532 g/mol. The molecule has 1 aliphatic carbocycles. The maximum atomic E-state index is 12.9. The van der Waals surface area contributed by atoms with Crippen LogP contribution >= 0.6 is 0 Å². The average molecular weight is 533 g/mol. The van der Waals surface area contributed by atoms with Crippen LogP contribution in [-0.2, 0) is 10.2 Å². The average Bonchev–Trinajstić information content (AvgIpc) is 3.46. The number of pyridine rings is 1. The summed E-state index contributed by atoms with van der Waals surface area (Å²) in [4.78, 5) is 19.2. The Morgan fingerprint density at radius 1 is 1.32 bits per heavy atom. The third-order valence-electron chi connectivity index (χ3n) is 8.14. The second-order valence-electron chi connectivity index (χ2n) is 11.1. The van der Waals surface area contributed by atoms with Gasteiger partial charge >= 0.3 is 12.2 Å². The highest BCUT2D eigenvalue weighted by molar-refractivity contribution is 5.90. The number of fused-ring (bicyclic) bond motifs is 1. The Hall–Kier alpha value is -2.85. The first-order chi connectivity index (χ1) is 18.1. The molecule has 1 aromatic heterocycles. The highest BCUT2D eigenvalue weighted by Crippen LogP contribution is 2.58. The number of aryl methyl sites for hydroxylation is 1. The number of likely N-dealkylation sites (tertiary alicyclic amines) is 1. The van der Waals surface area contributed by atoms with Gasteiger partial charge in [0.25, 0.3) is 0 Å². The Morgan fingerprint density at radius 2 is 2.13 bits per heavy atom. The number of rotatable bonds is 7. The number of aromatic nitrogens is 1. The smallest absolute Gasteiger partial charge is 0.389 e. The number of ether oxygens (including phenoxy) is 1. The predicted octanol–water partition coefficient (Wildman–Crippen LogP) is 5.33. The molecule has 2 saturated heterocycles. The van der Waals surface area contributed by atoms with E-state index in [2.05, 4.69) is 16.7 Å². The summed E-state index contributed by atoms with van der Waals surface area (Å²) in [7, 11) is 0. The Bertz CT molecular complexity index is 1190. The molecule has 1 aromatic carbocycles. The number of benzene rings is 1. The Balaban J connectivity index is 1.39. The lowest BCUT2D eigenvalue weighted by atomic mass is 9.90. The number of halogens is 3. The zero-order valence-electron chi connectivity index (χ0n) is 21.8. The SMILES string of the molecule is Cc1ccc(NC(=O)N2CC[C@@H](CC(F)(F)F)C2)cc1-c1cc(N[C@H](C)CO)nc(C23CCOCC2C3)c1. The van der Waals surface area contributed by atoms with Crippen LogP contribution in [0.15, 0.2) is 30.3 Å². The van der Waals surface area contributed by atoms with E-state index in [1.807, 2.05) is 38.1 Å². The molecule has 2 aromatic rings. The second-order valence-corrected chi connectivity index (χ2v) is 11.1. The number of nitrogens with zero attached hydrogens (tertiary/aromatic N) is 2. The van der Waals surface area contributed by atoms with Crippen LogP contribution in [0.4, 0.5) is 29.5 Å². The van der Waals surface area contributed by atoms with Gasteiger partial charge in [-0.1, -0.05) is 6.07 Å². The van der Waals surface area contributed by atoms with Gasteiger partial charge in [0, 0.05) is 43.3 Å². The molecule has 3 heterocycles. The minimum atomic E-state index is -4.22. The van der Waals surface area contributed by atoms with Crippen molar-refractivity contribution in [2.75, 3.05) is 43.5 Å². The molecule has 3 fully saturated rings. The van der Waals surface area contributed by atoms with Gasteiger partial charge in [0.05, 0.1) is 18.9 Å². The summed E-state index contributed by atoms with van der Waals surface area (Å²) in [6.45, 7) is 5.72. The number of amides is 2. The quantitative estimate of drug-likeness (QED) is 0.449. The Kier molecular flexibility index (Phi) is 7.30. The number of aliphatic hydroxyl groups excluding tert-OH is 1. The fourth-order valence-corrected chi connectivity index (χ4v) is 5.86. The minimum Gasteiger partial charge on any atom is -0.394 e. The van der Waals surface area contributed by atoms with E-state index in [0.29, 0.717) is 37.0 Å². The number of carbonyl (C=O) groups excluding carboxylic acids is 1. The molecule has 2 unspecified atom stereocenters. The summed E-state index contributed by atoms with van der Waals surface area (Å²) < 4.78 is 44.0. The number of hydrogen-bond donors (Lipinski definition) is 3. The van der Waals surface area contributed by atoms with Crippen molar-refractivity contribution in [2.24, 2.45) is 11.8 Å². The number of carbonyl (C=O) groups is 1. The standard InChI is InChI=1S/C28H35F3N4O3/c1-17-3-4-22(33-26(37)35-7-5-19(14-35)12-28(29,30)31)11-23(17)20-9-24(27-6-8-38-16-21(27)13-27)34-25(10-20)32-18(2)15-36/h3-4,9-11,18-19,21,36H,5-8,12-16H2,1-2H3,(H,32,34)(H,33,37)/t18-,19+,21?,27?/m1/s1. The topological polar surface area (TPSA) is 86.7 Å². The van der Waals surface area contributed by atoms with Crippen molar-refractivity contribution in [1.29, 1.82) is 0 Å². The number of anilines is 2. The fraction of sp³-hybridized carbons (Fsp3) is 0.571. The first-order valence-electron chi connectivity index (χ1n) is 13.3. The molecule has 2 aliphatic heterocycles. The molecule has 7 nitrogen and oxygen atoms in total. The van der Waals surface area contributed by atoms with Crippen molar-refractivity contribution in [3.05, 3.63) is 41.6 Å². The fourth-order valence-electron chi connectivity index (χ4n) is 5.86. The lowest BCUT2D eigenvalue weighted by Gasteiger charge is -2.24. The number of hydrogen-bond acceptors (Lipinski definition) is 5. The molecule has 206 valence electrons. The molecule has 3 N–H and O–H groups in total. The maximum Gasteiger partial charge on any atom is 0.389 e. The Labute approximate surface area is 220 Å². The minimum absolute atomic E-state index is 0.00951. The van der Waals surface area contributed by atoms with Crippen LogP contribution in [0.5, 0.6) is 0 Å². The molecular weight excluding hydrogens is 497 g/mol. The van der Waals surface area contributed by atoms with Gasteiger partial charge in [-0.05, 0) is 85.9 Å². The largest absolute Gasteiger partial charge is 0.394 e. The predicted molar refractivity (Wildman–Crippen MR) is 139 cm³/mol. The summed E-state index contributed by atoms with van der Waals surface area (Å²) in [5.74, 6) is 0.579. The molecule has 2 amide bonds. The van der Waals surface area contributed by atoms with Gasteiger partial charge in [0.1, 0.15) is 5.82 Å². The van der Waals surface area contributed by atoms with E-state index < -0.39 is 18.5 Å². The third kappa shape index (κ3) is 5.76. The van der Waals surface area contributed by atoms with Gasteiger partial charge < -0.3 is 25.4 Å². The highest BCUT2D eigenvalue weighted by Gasteiger charge is 2.57. The highest BCUT2D eigenvalue weighted by atomic mass is 19.4. The van der Waals surface area contributed by atoms with Crippen LogP contribution in [0, 0.1) is 18.8 Å². The van der Waals surface area contributed by atoms with Gasteiger partial charge in [-0.25, -0.2) is 9.78 Å². The molecule has 10 heteroatoms. The van der Waals surface area contributed by atoms with Crippen LogP contribution in [0.2, 0.25) is 0 Å². The summed E-state index contributed by atoms with van der Waals surface area (Å²) >= 11 is 0. The maximum absolute atomic E-state index is 12.9. The van der Waals surface area contributed by atoms with Crippen molar-refractivity contribution in [3.63, 3.8) is 0 Å². The van der Waals surface area contributed by atoms with E-state index in [1.165, 1.54) is 4.90 Å². The first kappa shape index (κ1) is 26.7. The van der Waals surface area contributed by atoms with Gasteiger partial charge in [-0.2, -0.15) is 13.2 Å². The van der Waals surface area contributed by atoms with Crippen LogP contribution in [-0.4, -0.2) is 66.1 Å². The zero-order chi connectivity index (χ0) is 27.1. The molecule has 5 rings (SSSR count). The van der Waals surface area contributed by atoms with Crippen molar-refractivity contribution in [1.82, 2.24) is 9.88 Å². The van der Waals surface area contributed by atoms with Gasteiger partial charge in [0.2, 0.25) is 0 Å². The Morgan fingerprint density at radius 3 is 2.87 bits per heavy atom. The van der Waals surface area contributed by atoms with Crippen LogP contribution in [0.3, 0.4) is 0 Å². The van der Waals surface area contributed by atoms with E-state index in [-0.39, 0.29) is 30.6 Å². The van der Waals surface area contributed by atoms with Gasteiger partial charge in [0.15, 0.2) is 0 Å². The third-order valence-corrected chi connectivity index (χ3v) is 8.14. The molecular formula is C28H35F3N4O3. The van der Waals surface area contributed by atoms with Gasteiger partial charge in [-0.3, -0.25) is 0 Å². The van der Waals surface area contributed by atoms with E-state index in [4.69, 9.17) is 9.72 Å². The summed E-state index contributed by atoms with van der Waals surface area (Å²) in [6, 6.07) is 9.17. The molecule has 38 heavy (non-hydrogen) atoms. The van der Waals surface area contributed by atoms with E-state index in [1.54, 1.807) is 0 Å². The molecule has 4 atom stereocenters. The number of nitrogens with one attached hydrogen (secondary N) is 2. The van der Waals surface area contributed by atoms with Crippen LogP contribution in [0.1, 0.15) is 43.9 Å². The van der Waals surface area contributed by atoms with Crippen molar-refractivity contribution in [2.45, 2.75) is 57.2 Å². The number of urea groups is 1. The summed E-state index contributed by atoms with van der Waals surface area (Å²) in [5.41, 5.74) is 4.51. The van der Waals surface area contributed by atoms with Crippen LogP contribution < -0.4 is 10.6 Å². The molecule has 1 saturated carbocycles. The zero-order valence-corrected chi connectivity index (χ0v) is 21.8. The van der Waals surface area contributed by atoms with E-state index in [0.717, 1.165) is 41.8 Å². The van der Waals surface area contributed by atoms with Crippen molar-refractivity contribution in [3.8, 4) is 11.1 Å². The van der Waals surface area contributed by atoms with Crippen LogP contribution in [0.25, 0.3) is 11.1 Å². The summed E-state index contributed by atoms with van der Waals surface area (Å²) in [6.07, 6.45) is -2.78. The summed E-state index contributed by atoms with van der Waals surface area (Å²) in [5, 5.41) is 15.7. The van der Waals surface area contributed by atoms with E-state index in [9.17, 15) is 23.1 Å². The van der Waals surface area contributed by atoms with Crippen molar-refractivity contribution < 1.29 is 27.8 Å². The first-order valence-corrected chi connectivity index (χ1v) is 13.3. The molecule has 0 spiro atoms. The van der Waals surface area contributed by atoms with E-state index >= 15 is 0 Å². The molecule has 3 aliphatic rings.